The Kier molecular flexibility index (Phi) is 9.67. The van der Waals surface area contributed by atoms with Gasteiger partial charge in [-0.15, -0.1) is 21.5 Å². The van der Waals surface area contributed by atoms with E-state index in [1.165, 1.54) is 10.4 Å². The average molecular weight is 762 g/mol. The predicted octanol–water partition coefficient (Wildman–Crippen LogP) is 5.93. The van der Waals surface area contributed by atoms with E-state index in [0.717, 1.165) is 81.7 Å². The number of benzene rings is 2. The van der Waals surface area contributed by atoms with E-state index in [2.05, 4.69) is 39.1 Å². The van der Waals surface area contributed by atoms with Crippen LogP contribution in [0.2, 0.25) is 5.02 Å². The number of halogens is 1. The fourth-order valence-corrected chi connectivity index (χ4v) is 8.77. The van der Waals surface area contributed by atoms with E-state index in [4.69, 9.17) is 26.3 Å². The first-order valence-electron chi connectivity index (χ1n) is 17.9. The van der Waals surface area contributed by atoms with Crippen molar-refractivity contribution in [2.75, 3.05) is 6.61 Å². The van der Waals surface area contributed by atoms with Gasteiger partial charge in [0.1, 0.15) is 29.2 Å². The molecule has 3 aliphatic rings. The number of pyridine rings is 1. The molecular weight excluding hydrogens is 726 g/mol. The van der Waals surface area contributed by atoms with Gasteiger partial charge in [-0.25, -0.2) is 0 Å². The van der Waals surface area contributed by atoms with Crippen molar-refractivity contribution in [1.29, 1.82) is 0 Å². The lowest BCUT2D eigenvalue weighted by Gasteiger charge is -2.27. The van der Waals surface area contributed by atoms with E-state index in [-0.39, 0.29) is 24.0 Å². The van der Waals surface area contributed by atoms with E-state index in [1.807, 2.05) is 37.4 Å². The highest BCUT2D eigenvalue weighted by Crippen LogP contribution is 2.38. The van der Waals surface area contributed by atoms with Gasteiger partial charge in [0.25, 0.3) is 11.8 Å². The van der Waals surface area contributed by atoms with Crippen LogP contribution in [0.3, 0.4) is 0 Å². The number of nitrogens with zero attached hydrogens (tertiary/aromatic N) is 6. The first kappa shape index (κ1) is 35.5. The number of carbonyl (C=O) groups excluding carboxylic acids is 4. The molecule has 8 rings (SSSR count). The molecule has 4 amide bonds. The molecule has 14 heteroatoms. The first-order valence-corrected chi connectivity index (χ1v) is 19.1. The Labute approximate surface area is 320 Å². The number of hydrogen-bond donors (Lipinski definition) is 1. The molecule has 0 aliphatic carbocycles. The van der Waals surface area contributed by atoms with Crippen LogP contribution >= 0.6 is 22.9 Å². The van der Waals surface area contributed by atoms with Gasteiger partial charge in [0.2, 0.25) is 11.8 Å². The number of amides is 4. The Morgan fingerprint density at radius 1 is 0.926 bits per heavy atom. The van der Waals surface area contributed by atoms with Crippen molar-refractivity contribution in [3.05, 3.63) is 121 Å². The van der Waals surface area contributed by atoms with Gasteiger partial charge >= 0.3 is 0 Å². The van der Waals surface area contributed by atoms with Gasteiger partial charge in [-0.05, 0) is 93.8 Å². The van der Waals surface area contributed by atoms with E-state index in [9.17, 15) is 19.2 Å². The molecule has 274 valence electrons. The number of ether oxygens (including phenoxy) is 1. The molecule has 3 aromatic heterocycles. The minimum atomic E-state index is -1.02. The second-order valence-corrected chi connectivity index (χ2v) is 15.1. The molecule has 6 heterocycles. The minimum Gasteiger partial charge on any atom is -0.493 e. The van der Waals surface area contributed by atoms with E-state index < -0.39 is 29.7 Å². The summed E-state index contributed by atoms with van der Waals surface area (Å²) in [5.41, 5.74) is 6.76. The Bertz CT molecular complexity index is 2350. The molecule has 1 saturated heterocycles. The van der Waals surface area contributed by atoms with Crippen LogP contribution in [0.1, 0.15) is 90.9 Å². The second kappa shape index (κ2) is 14.7. The molecule has 5 aromatic rings. The lowest BCUT2D eigenvalue weighted by Crippen LogP contribution is -2.54. The molecule has 1 unspecified atom stereocenters. The largest absolute Gasteiger partial charge is 0.493 e. The molecule has 1 N–H and O–H groups in total. The topological polar surface area (TPSA) is 149 Å². The predicted molar refractivity (Wildman–Crippen MR) is 203 cm³/mol. The highest BCUT2D eigenvalue weighted by molar-refractivity contribution is 7.15. The van der Waals surface area contributed by atoms with E-state index >= 15 is 0 Å². The number of hydrogen-bond acceptors (Lipinski definition) is 10. The Balaban J connectivity index is 0.870. The van der Waals surface area contributed by atoms with Gasteiger partial charge in [-0.1, -0.05) is 35.9 Å². The van der Waals surface area contributed by atoms with Crippen LogP contribution in [0.4, 0.5) is 0 Å². The van der Waals surface area contributed by atoms with Crippen molar-refractivity contribution < 1.29 is 23.9 Å². The van der Waals surface area contributed by atoms with Crippen molar-refractivity contribution in [2.24, 2.45) is 4.99 Å². The summed E-state index contributed by atoms with van der Waals surface area (Å²) in [7, 11) is 0. The third-order valence-electron chi connectivity index (χ3n) is 10.1. The number of carbonyl (C=O) groups is 4. The van der Waals surface area contributed by atoms with Crippen LogP contribution in [-0.4, -0.2) is 66.6 Å². The van der Waals surface area contributed by atoms with Gasteiger partial charge < -0.3 is 4.74 Å². The third-order valence-corrected chi connectivity index (χ3v) is 11.7. The van der Waals surface area contributed by atoms with Crippen LogP contribution in [0.25, 0.3) is 5.00 Å². The molecule has 2 aromatic carbocycles. The third kappa shape index (κ3) is 6.62. The van der Waals surface area contributed by atoms with Crippen LogP contribution < -0.4 is 10.1 Å². The number of rotatable bonds is 11. The maximum atomic E-state index is 13.3. The van der Waals surface area contributed by atoms with E-state index in [0.29, 0.717) is 23.9 Å². The highest BCUT2D eigenvalue weighted by Gasteiger charge is 2.46. The van der Waals surface area contributed by atoms with Crippen LogP contribution in [0, 0.1) is 13.8 Å². The maximum Gasteiger partial charge on any atom is 0.266 e. The zero-order valence-electron chi connectivity index (χ0n) is 29.7. The molecule has 12 nitrogen and oxygen atoms in total. The molecule has 54 heavy (non-hydrogen) atoms. The quantitative estimate of drug-likeness (QED) is 0.129. The molecule has 3 aliphatic heterocycles. The number of piperidine rings is 1. The summed E-state index contributed by atoms with van der Waals surface area (Å²) in [6.07, 6.45) is 6.11. The number of unbranched alkanes of at least 4 members (excludes halogenated alkanes) is 1. The summed E-state index contributed by atoms with van der Waals surface area (Å²) in [5.74, 6) is -0.206. The van der Waals surface area contributed by atoms with Crippen molar-refractivity contribution in [3.8, 4) is 10.8 Å². The summed E-state index contributed by atoms with van der Waals surface area (Å²) in [5, 5.41) is 12.7. The summed E-state index contributed by atoms with van der Waals surface area (Å²) in [6.45, 7) is 4.94. The molecule has 1 atom stereocenters. The standard InChI is InChI=1S/C40H36ClN7O5S/c1-22-31(54-40-34(22)36(25-10-12-26(41)13-11-25)43-21-32-46-45-23(2)47(32)40)17-15-27-14-9-24(20-42-27)6-3-4-19-53-30-8-5-7-28-35(30)39(52)48(38(28)51)29-16-18-33(49)44-37(29)50/h5,7-14,20,29H,3-4,6,15-19,21H2,1-2H3,(H,44,49,50). The monoisotopic (exact) mass is 761 g/mol. The number of aromatic nitrogens is 4. The lowest BCUT2D eigenvalue weighted by molar-refractivity contribution is -0.136. The molecule has 0 bridgehead atoms. The van der Waals surface area contributed by atoms with Crippen LogP contribution in [-0.2, 0) is 35.4 Å². The normalized spacial score (nSPS) is 16.5. The summed E-state index contributed by atoms with van der Waals surface area (Å²) >= 11 is 7.97. The average Bonchev–Trinajstić information content (AvgIpc) is 3.73. The maximum absolute atomic E-state index is 13.3. The highest BCUT2D eigenvalue weighted by atomic mass is 35.5. The summed E-state index contributed by atoms with van der Waals surface area (Å²) < 4.78 is 8.12. The zero-order chi connectivity index (χ0) is 37.5. The van der Waals surface area contributed by atoms with Crippen molar-refractivity contribution in [2.45, 2.75) is 71.4 Å². The van der Waals surface area contributed by atoms with Gasteiger partial charge in [0.15, 0.2) is 5.82 Å². The fraction of sp³-hybridized carbons (Fsp3) is 0.300. The van der Waals surface area contributed by atoms with Crippen molar-refractivity contribution in [1.82, 2.24) is 30.0 Å². The molecule has 0 radical (unpaired) electrons. The summed E-state index contributed by atoms with van der Waals surface area (Å²) in [6, 6.07) is 15.9. The molecule has 0 spiro atoms. The summed E-state index contributed by atoms with van der Waals surface area (Å²) in [4.78, 5) is 62.4. The molecule has 1 fully saturated rings. The number of imide groups is 2. The number of thiophene rings is 1. The van der Waals surface area contributed by atoms with Gasteiger partial charge in [-0.2, -0.15) is 0 Å². The number of aryl methyl sites for hydroxylation is 4. The SMILES string of the molecule is Cc1c(CCc2ccc(CCCCOc3cccc4c3C(=O)N(C3CCC(=O)NC3=O)C4=O)cn2)sc2c1C(c1ccc(Cl)cc1)=NCc1nnc(C)n1-2. The van der Waals surface area contributed by atoms with Crippen LogP contribution in [0.15, 0.2) is 65.8 Å². The smallest absolute Gasteiger partial charge is 0.266 e. The lowest BCUT2D eigenvalue weighted by atomic mass is 9.98. The van der Waals surface area contributed by atoms with Crippen molar-refractivity contribution in [3.63, 3.8) is 0 Å². The Hall–Kier alpha value is -5.53. The van der Waals surface area contributed by atoms with Gasteiger partial charge in [0, 0.05) is 39.3 Å². The molecule has 0 saturated carbocycles. The second-order valence-electron chi connectivity index (χ2n) is 13.6. The van der Waals surface area contributed by atoms with E-state index in [1.54, 1.807) is 29.5 Å². The Morgan fingerprint density at radius 3 is 2.54 bits per heavy atom. The van der Waals surface area contributed by atoms with Gasteiger partial charge in [-0.3, -0.25) is 43.9 Å². The van der Waals surface area contributed by atoms with Gasteiger partial charge in [0.05, 0.1) is 23.4 Å². The molecular formula is C40H36ClN7O5S. The minimum absolute atomic E-state index is 0.0667. The number of aliphatic imine (C=N–C) groups is 1. The zero-order valence-corrected chi connectivity index (χ0v) is 31.3. The van der Waals surface area contributed by atoms with Crippen LogP contribution in [0.5, 0.6) is 5.75 Å². The Morgan fingerprint density at radius 2 is 1.76 bits per heavy atom. The number of nitrogens with one attached hydrogen (secondary N) is 1. The first-order chi connectivity index (χ1) is 26.2. The number of fused-ring (bicyclic) bond motifs is 4. The van der Waals surface area contributed by atoms with Crippen molar-refractivity contribution >= 4 is 52.3 Å². The fourth-order valence-electron chi connectivity index (χ4n) is 7.27.